The van der Waals surface area contributed by atoms with Gasteiger partial charge in [0.2, 0.25) is 0 Å². The standard InChI is InChI=1S/C12H12ClNO3S2/c1-8-3-6-12(18-8)19(15,16)14-10-7-9(13)4-5-11(10)17-2/h3-7,14H,1-2H3. The molecule has 0 unspecified atom stereocenters. The summed E-state index contributed by atoms with van der Waals surface area (Å²) in [5.41, 5.74) is 0.320. The first-order chi connectivity index (χ1) is 8.92. The van der Waals surface area contributed by atoms with Gasteiger partial charge in [-0.2, -0.15) is 0 Å². The van der Waals surface area contributed by atoms with Gasteiger partial charge in [0.1, 0.15) is 9.96 Å². The van der Waals surface area contributed by atoms with E-state index in [1.54, 1.807) is 24.3 Å². The molecule has 7 heteroatoms. The predicted octanol–water partition coefficient (Wildman–Crippen LogP) is 3.52. The molecule has 0 fully saturated rings. The van der Waals surface area contributed by atoms with Crippen LogP contribution < -0.4 is 9.46 Å². The zero-order valence-corrected chi connectivity index (χ0v) is 12.7. The number of hydrogen-bond donors (Lipinski definition) is 1. The van der Waals surface area contributed by atoms with Crippen molar-refractivity contribution in [3.63, 3.8) is 0 Å². The fraction of sp³-hybridized carbons (Fsp3) is 0.167. The van der Waals surface area contributed by atoms with Gasteiger partial charge < -0.3 is 4.74 Å². The number of halogens is 1. The average Bonchev–Trinajstić information content (AvgIpc) is 2.76. The quantitative estimate of drug-likeness (QED) is 0.938. The molecule has 2 rings (SSSR count). The monoisotopic (exact) mass is 317 g/mol. The van der Waals surface area contributed by atoms with Gasteiger partial charge in [-0.15, -0.1) is 11.3 Å². The highest BCUT2D eigenvalue weighted by Crippen LogP contribution is 2.31. The van der Waals surface area contributed by atoms with Gasteiger partial charge in [0, 0.05) is 9.90 Å². The van der Waals surface area contributed by atoms with Crippen molar-refractivity contribution in [3.8, 4) is 5.75 Å². The third-order valence-electron chi connectivity index (χ3n) is 2.39. The Morgan fingerprint density at radius 2 is 2.00 bits per heavy atom. The Balaban J connectivity index is 2.38. The molecule has 0 amide bonds. The number of anilines is 1. The maximum atomic E-state index is 12.2. The van der Waals surface area contributed by atoms with Crippen LogP contribution in [0.25, 0.3) is 0 Å². The van der Waals surface area contributed by atoms with Gasteiger partial charge in [-0.3, -0.25) is 4.72 Å². The first kappa shape index (κ1) is 14.2. The normalized spacial score (nSPS) is 11.3. The zero-order chi connectivity index (χ0) is 14.0. The summed E-state index contributed by atoms with van der Waals surface area (Å²) in [6.07, 6.45) is 0. The van der Waals surface area contributed by atoms with Gasteiger partial charge in [0.05, 0.1) is 12.8 Å². The summed E-state index contributed by atoms with van der Waals surface area (Å²) in [5, 5.41) is 0.431. The summed E-state index contributed by atoms with van der Waals surface area (Å²) in [5.74, 6) is 0.418. The lowest BCUT2D eigenvalue weighted by Gasteiger charge is -2.11. The first-order valence-corrected chi connectivity index (χ1v) is 8.03. The Labute approximate surface area is 121 Å². The number of nitrogens with one attached hydrogen (secondary N) is 1. The SMILES string of the molecule is COc1ccc(Cl)cc1NS(=O)(=O)c1ccc(C)s1. The molecular weight excluding hydrogens is 306 g/mol. The molecule has 19 heavy (non-hydrogen) atoms. The van der Waals surface area contributed by atoms with Crippen LogP contribution in [0.1, 0.15) is 4.88 Å². The third-order valence-corrected chi connectivity index (χ3v) is 5.48. The van der Waals surface area contributed by atoms with Crippen LogP contribution in [0.15, 0.2) is 34.5 Å². The summed E-state index contributed by atoms with van der Waals surface area (Å²) in [4.78, 5) is 0.929. The summed E-state index contributed by atoms with van der Waals surface area (Å²) in [6, 6.07) is 8.08. The number of hydrogen-bond acceptors (Lipinski definition) is 4. The topological polar surface area (TPSA) is 55.4 Å². The summed E-state index contributed by atoms with van der Waals surface area (Å²) < 4.78 is 32.2. The van der Waals surface area contributed by atoms with E-state index in [1.165, 1.54) is 24.5 Å². The number of methoxy groups -OCH3 is 1. The molecular formula is C12H12ClNO3S2. The highest BCUT2D eigenvalue weighted by molar-refractivity contribution is 7.94. The van der Waals surface area contributed by atoms with Crippen molar-refractivity contribution in [2.24, 2.45) is 0 Å². The molecule has 0 aliphatic rings. The molecule has 0 saturated heterocycles. The lowest BCUT2D eigenvalue weighted by Crippen LogP contribution is -2.12. The highest BCUT2D eigenvalue weighted by atomic mass is 35.5. The van der Waals surface area contributed by atoms with Crippen LogP contribution in [-0.2, 0) is 10.0 Å². The molecule has 0 aliphatic heterocycles. The van der Waals surface area contributed by atoms with E-state index in [1.807, 2.05) is 6.92 Å². The van der Waals surface area contributed by atoms with Crippen molar-refractivity contribution < 1.29 is 13.2 Å². The Hall–Kier alpha value is -1.24. The number of aryl methyl sites for hydroxylation is 1. The van der Waals surface area contributed by atoms with Crippen LogP contribution in [0.2, 0.25) is 5.02 Å². The molecule has 0 atom stereocenters. The number of sulfonamides is 1. The van der Waals surface area contributed by atoms with E-state index < -0.39 is 10.0 Å². The lowest BCUT2D eigenvalue weighted by molar-refractivity contribution is 0.417. The number of benzene rings is 1. The van der Waals surface area contributed by atoms with Crippen molar-refractivity contribution >= 4 is 38.6 Å². The lowest BCUT2D eigenvalue weighted by atomic mass is 10.3. The van der Waals surface area contributed by atoms with Crippen molar-refractivity contribution in [2.45, 2.75) is 11.1 Å². The third kappa shape index (κ3) is 3.20. The molecule has 1 heterocycles. The van der Waals surface area contributed by atoms with E-state index in [4.69, 9.17) is 16.3 Å². The van der Waals surface area contributed by atoms with Crippen LogP contribution in [0.5, 0.6) is 5.75 Å². The van der Waals surface area contributed by atoms with Crippen molar-refractivity contribution in [3.05, 3.63) is 40.2 Å². The zero-order valence-electron chi connectivity index (χ0n) is 10.3. The molecule has 0 radical (unpaired) electrons. The van der Waals surface area contributed by atoms with Gasteiger partial charge >= 0.3 is 0 Å². The van der Waals surface area contributed by atoms with Crippen molar-refractivity contribution in [1.29, 1.82) is 0 Å². The number of thiophene rings is 1. The first-order valence-electron chi connectivity index (χ1n) is 5.35. The van der Waals surface area contributed by atoms with Crippen molar-refractivity contribution in [1.82, 2.24) is 0 Å². The van der Waals surface area contributed by atoms with Crippen molar-refractivity contribution in [2.75, 3.05) is 11.8 Å². The smallest absolute Gasteiger partial charge is 0.271 e. The van der Waals surface area contributed by atoms with E-state index >= 15 is 0 Å². The predicted molar refractivity (Wildman–Crippen MR) is 77.9 cm³/mol. The highest BCUT2D eigenvalue weighted by Gasteiger charge is 2.18. The minimum absolute atomic E-state index is 0.257. The molecule has 1 aromatic heterocycles. The Morgan fingerprint density at radius 1 is 1.26 bits per heavy atom. The van der Waals surface area contributed by atoms with Gasteiger partial charge in [-0.05, 0) is 37.3 Å². The van der Waals surface area contributed by atoms with Gasteiger partial charge in [-0.25, -0.2) is 8.42 Å². The van der Waals surface area contributed by atoms with E-state index in [2.05, 4.69) is 4.72 Å². The molecule has 102 valence electrons. The largest absolute Gasteiger partial charge is 0.495 e. The molecule has 0 saturated carbocycles. The van der Waals surface area contributed by atoms with Crippen LogP contribution in [0.3, 0.4) is 0 Å². The fourth-order valence-corrected chi connectivity index (χ4v) is 4.03. The average molecular weight is 318 g/mol. The summed E-state index contributed by atoms with van der Waals surface area (Å²) >= 11 is 7.07. The molecule has 2 aromatic rings. The van der Waals surface area contributed by atoms with Gasteiger partial charge in [0.15, 0.2) is 0 Å². The summed E-state index contributed by atoms with van der Waals surface area (Å²) in [7, 11) is -2.14. The van der Waals surface area contributed by atoms with Crippen LogP contribution in [0.4, 0.5) is 5.69 Å². The van der Waals surface area contributed by atoms with Crippen LogP contribution in [-0.4, -0.2) is 15.5 Å². The Kier molecular flexibility index (Phi) is 4.03. The van der Waals surface area contributed by atoms with Crippen LogP contribution >= 0.6 is 22.9 Å². The minimum atomic E-state index is -3.61. The second-order valence-corrected chi connectivity index (χ2v) is 7.45. The molecule has 1 aromatic carbocycles. The summed E-state index contributed by atoms with van der Waals surface area (Å²) in [6.45, 7) is 1.85. The molecule has 1 N–H and O–H groups in total. The van der Waals surface area contributed by atoms with E-state index in [0.717, 1.165) is 4.88 Å². The molecule has 0 spiro atoms. The maximum absolute atomic E-state index is 12.2. The van der Waals surface area contributed by atoms with E-state index in [0.29, 0.717) is 16.5 Å². The van der Waals surface area contributed by atoms with E-state index in [9.17, 15) is 8.42 Å². The molecule has 0 aliphatic carbocycles. The Morgan fingerprint density at radius 3 is 2.58 bits per heavy atom. The Bertz CT molecular complexity index is 695. The van der Waals surface area contributed by atoms with Gasteiger partial charge in [0.25, 0.3) is 10.0 Å². The van der Waals surface area contributed by atoms with E-state index in [-0.39, 0.29) is 4.21 Å². The number of rotatable bonds is 4. The number of ether oxygens (including phenoxy) is 1. The van der Waals surface area contributed by atoms with Gasteiger partial charge in [-0.1, -0.05) is 11.6 Å². The second kappa shape index (κ2) is 5.40. The molecule has 0 bridgehead atoms. The minimum Gasteiger partial charge on any atom is -0.495 e. The molecule has 4 nitrogen and oxygen atoms in total. The second-order valence-electron chi connectivity index (χ2n) is 3.82. The maximum Gasteiger partial charge on any atom is 0.271 e. The van der Waals surface area contributed by atoms with Crippen LogP contribution in [0, 0.1) is 6.92 Å². The fourth-order valence-electron chi connectivity index (χ4n) is 1.51.